The summed E-state index contributed by atoms with van der Waals surface area (Å²) in [5.41, 5.74) is 1.37. The summed E-state index contributed by atoms with van der Waals surface area (Å²) in [7, 11) is -3.91. The SMILES string of the molecule is C=CCNC(=O)COc1ccc(Nc2nc(Nc3ccc(C)c(S(N)(=O)=O)c3)ncc2F)cc1. The molecule has 0 radical (unpaired) electrons. The monoisotopic (exact) mass is 486 g/mol. The van der Waals surface area contributed by atoms with E-state index < -0.39 is 15.8 Å². The summed E-state index contributed by atoms with van der Waals surface area (Å²) in [6.45, 7) is 5.33. The average Bonchev–Trinajstić information content (AvgIpc) is 2.80. The number of amides is 1. The number of carbonyl (C=O) groups is 1. The van der Waals surface area contributed by atoms with Crippen LogP contribution < -0.4 is 25.8 Å². The normalized spacial score (nSPS) is 10.9. The molecule has 1 heterocycles. The molecule has 12 heteroatoms. The Morgan fingerprint density at radius 3 is 2.56 bits per heavy atom. The van der Waals surface area contributed by atoms with Crippen LogP contribution in [0.15, 0.2) is 66.2 Å². The van der Waals surface area contributed by atoms with Gasteiger partial charge in [-0.25, -0.2) is 22.9 Å². The van der Waals surface area contributed by atoms with Gasteiger partial charge in [0.1, 0.15) is 5.75 Å². The molecule has 0 aliphatic carbocycles. The number of nitrogens with two attached hydrogens (primary N) is 1. The van der Waals surface area contributed by atoms with Crippen LogP contribution in [0.4, 0.5) is 27.5 Å². The van der Waals surface area contributed by atoms with Gasteiger partial charge in [-0.1, -0.05) is 12.1 Å². The summed E-state index contributed by atoms with van der Waals surface area (Å²) < 4.78 is 43.1. The Bertz CT molecular complexity index is 1300. The summed E-state index contributed by atoms with van der Waals surface area (Å²) in [5, 5.41) is 13.5. The Morgan fingerprint density at radius 2 is 1.88 bits per heavy atom. The lowest BCUT2D eigenvalue weighted by Crippen LogP contribution is -2.28. The number of anilines is 4. The predicted octanol–water partition coefficient (Wildman–Crippen LogP) is 2.74. The number of halogens is 1. The molecule has 178 valence electrons. The molecule has 2 aromatic carbocycles. The zero-order valence-electron chi connectivity index (χ0n) is 18.2. The molecule has 1 aromatic heterocycles. The molecule has 0 unspecified atom stereocenters. The first kappa shape index (κ1) is 24.6. The number of rotatable bonds is 10. The van der Waals surface area contributed by atoms with Crippen LogP contribution in [0.1, 0.15) is 5.56 Å². The third kappa shape index (κ3) is 6.73. The molecule has 0 fully saturated rings. The fourth-order valence-electron chi connectivity index (χ4n) is 2.79. The van der Waals surface area contributed by atoms with Crippen molar-refractivity contribution in [1.82, 2.24) is 15.3 Å². The van der Waals surface area contributed by atoms with Crippen molar-refractivity contribution in [3.63, 3.8) is 0 Å². The van der Waals surface area contributed by atoms with Crippen molar-refractivity contribution >= 4 is 39.1 Å². The molecule has 0 aliphatic heterocycles. The summed E-state index contributed by atoms with van der Waals surface area (Å²) in [4.78, 5) is 19.5. The largest absolute Gasteiger partial charge is 0.484 e. The minimum atomic E-state index is -3.91. The van der Waals surface area contributed by atoms with Crippen molar-refractivity contribution in [1.29, 1.82) is 0 Å². The molecule has 0 saturated heterocycles. The van der Waals surface area contributed by atoms with Crippen molar-refractivity contribution in [3.05, 3.63) is 72.7 Å². The molecular formula is C22H23FN6O4S. The number of hydrogen-bond donors (Lipinski definition) is 4. The number of ether oxygens (including phenoxy) is 1. The fourth-order valence-corrected chi connectivity index (χ4v) is 3.59. The lowest BCUT2D eigenvalue weighted by atomic mass is 10.2. The molecule has 3 aromatic rings. The van der Waals surface area contributed by atoms with Crippen LogP contribution in [-0.2, 0) is 14.8 Å². The molecule has 1 amide bonds. The third-order valence-corrected chi connectivity index (χ3v) is 5.48. The average molecular weight is 487 g/mol. The van der Waals surface area contributed by atoms with Gasteiger partial charge in [0, 0.05) is 17.9 Å². The Morgan fingerprint density at radius 1 is 1.18 bits per heavy atom. The van der Waals surface area contributed by atoms with Gasteiger partial charge < -0.3 is 20.7 Å². The van der Waals surface area contributed by atoms with Gasteiger partial charge in [0.15, 0.2) is 18.2 Å². The smallest absolute Gasteiger partial charge is 0.258 e. The summed E-state index contributed by atoms with van der Waals surface area (Å²) in [6, 6.07) is 11.0. The van der Waals surface area contributed by atoms with Crippen molar-refractivity contribution in [3.8, 4) is 5.75 Å². The highest BCUT2D eigenvalue weighted by atomic mass is 32.2. The van der Waals surface area contributed by atoms with E-state index in [1.165, 1.54) is 6.07 Å². The van der Waals surface area contributed by atoms with Gasteiger partial charge in [0.05, 0.1) is 11.1 Å². The Hall–Kier alpha value is -4.03. The van der Waals surface area contributed by atoms with Crippen LogP contribution in [-0.4, -0.2) is 37.4 Å². The molecule has 5 N–H and O–H groups in total. The molecular weight excluding hydrogens is 463 g/mol. The van der Waals surface area contributed by atoms with Gasteiger partial charge in [-0.05, 0) is 48.9 Å². The molecule has 0 aliphatic rings. The number of sulfonamides is 1. The lowest BCUT2D eigenvalue weighted by Gasteiger charge is -2.11. The molecule has 10 nitrogen and oxygen atoms in total. The number of aromatic nitrogens is 2. The van der Waals surface area contributed by atoms with E-state index in [9.17, 15) is 17.6 Å². The van der Waals surface area contributed by atoms with E-state index in [1.807, 2.05) is 0 Å². The summed E-state index contributed by atoms with van der Waals surface area (Å²) in [6.07, 6.45) is 2.54. The van der Waals surface area contributed by atoms with Crippen LogP contribution in [0.2, 0.25) is 0 Å². The van der Waals surface area contributed by atoms with Crippen molar-refractivity contribution < 1.29 is 22.3 Å². The van der Waals surface area contributed by atoms with E-state index in [2.05, 4.69) is 32.5 Å². The molecule has 0 spiro atoms. The third-order valence-electron chi connectivity index (χ3n) is 4.43. The zero-order chi connectivity index (χ0) is 24.7. The number of hydrogen-bond acceptors (Lipinski definition) is 8. The summed E-state index contributed by atoms with van der Waals surface area (Å²) in [5.74, 6) is -0.587. The second-order valence-corrected chi connectivity index (χ2v) is 8.60. The Balaban J connectivity index is 1.69. The highest BCUT2D eigenvalue weighted by Gasteiger charge is 2.13. The van der Waals surface area contributed by atoms with Gasteiger partial charge in [-0.3, -0.25) is 4.79 Å². The van der Waals surface area contributed by atoms with Crippen LogP contribution >= 0.6 is 0 Å². The first-order chi connectivity index (χ1) is 16.2. The molecule has 34 heavy (non-hydrogen) atoms. The minimum Gasteiger partial charge on any atom is -0.484 e. The van der Waals surface area contributed by atoms with E-state index in [-0.39, 0.29) is 29.2 Å². The van der Waals surface area contributed by atoms with Crippen LogP contribution in [0.5, 0.6) is 5.75 Å². The number of benzene rings is 2. The molecule has 3 rings (SSSR count). The van der Waals surface area contributed by atoms with Crippen LogP contribution in [0.3, 0.4) is 0 Å². The van der Waals surface area contributed by atoms with Crippen molar-refractivity contribution in [2.75, 3.05) is 23.8 Å². The van der Waals surface area contributed by atoms with Gasteiger partial charge in [-0.15, -0.1) is 6.58 Å². The highest BCUT2D eigenvalue weighted by molar-refractivity contribution is 7.89. The number of carbonyl (C=O) groups excluding carboxylic acids is 1. The van der Waals surface area contributed by atoms with Crippen molar-refractivity contribution in [2.45, 2.75) is 11.8 Å². The number of primary sulfonamides is 1. The van der Waals surface area contributed by atoms with Gasteiger partial charge in [0.2, 0.25) is 16.0 Å². The van der Waals surface area contributed by atoms with E-state index in [0.29, 0.717) is 29.2 Å². The van der Waals surface area contributed by atoms with Gasteiger partial charge >= 0.3 is 0 Å². The molecule has 0 bridgehead atoms. The van der Waals surface area contributed by atoms with Crippen LogP contribution in [0, 0.1) is 12.7 Å². The second-order valence-electron chi connectivity index (χ2n) is 7.07. The zero-order valence-corrected chi connectivity index (χ0v) is 19.0. The number of aryl methyl sites for hydroxylation is 1. The predicted molar refractivity (Wildman–Crippen MR) is 126 cm³/mol. The van der Waals surface area contributed by atoms with Crippen LogP contribution in [0.25, 0.3) is 0 Å². The first-order valence-electron chi connectivity index (χ1n) is 9.96. The maximum atomic E-state index is 14.3. The van der Waals surface area contributed by atoms with Gasteiger partial charge in [-0.2, -0.15) is 4.98 Å². The minimum absolute atomic E-state index is 0.0404. The topological polar surface area (TPSA) is 148 Å². The van der Waals surface area contributed by atoms with E-state index in [0.717, 1.165) is 6.20 Å². The number of nitrogens with one attached hydrogen (secondary N) is 3. The maximum absolute atomic E-state index is 14.3. The second kappa shape index (κ2) is 10.7. The van der Waals surface area contributed by atoms with Crippen molar-refractivity contribution in [2.24, 2.45) is 5.14 Å². The van der Waals surface area contributed by atoms with Gasteiger partial charge in [0.25, 0.3) is 5.91 Å². The Kier molecular flexibility index (Phi) is 7.76. The summed E-state index contributed by atoms with van der Waals surface area (Å²) >= 11 is 0. The van der Waals surface area contributed by atoms with E-state index >= 15 is 0 Å². The number of nitrogens with zero attached hydrogens (tertiary/aromatic N) is 2. The maximum Gasteiger partial charge on any atom is 0.258 e. The van der Waals surface area contributed by atoms with E-state index in [4.69, 9.17) is 9.88 Å². The molecule has 0 atom stereocenters. The highest BCUT2D eigenvalue weighted by Crippen LogP contribution is 2.24. The lowest BCUT2D eigenvalue weighted by molar-refractivity contribution is -0.122. The fraction of sp³-hybridized carbons (Fsp3) is 0.136. The Labute approximate surface area is 196 Å². The molecule has 0 saturated carbocycles. The van der Waals surface area contributed by atoms with E-state index in [1.54, 1.807) is 49.4 Å². The standard InChI is InChI=1S/C22H23FN6O4S/c1-3-10-25-20(30)13-33-17-8-6-15(7-9-17)27-21-18(23)12-26-22(29-21)28-16-5-4-14(2)19(11-16)34(24,31)32/h3-9,11-12H,1,10,13H2,2H3,(H,25,30)(H2,24,31,32)(H2,26,27,28,29). The first-order valence-corrected chi connectivity index (χ1v) is 11.5. The quantitative estimate of drug-likeness (QED) is 0.320.